The third-order valence-electron chi connectivity index (χ3n) is 3.43. The number of pyridine rings is 1. The van der Waals surface area contributed by atoms with Crippen LogP contribution in [0.3, 0.4) is 0 Å². The van der Waals surface area contributed by atoms with Crippen LogP contribution in [0.15, 0.2) is 30.2 Å². The number of aliphatic hydroxyl groups is 2. The molecular formula is C12H13FN4O2. The highest BCUT2D eigenvalue weighted by atomic mass is 19.1. The zero-order chi connectivity index (χ0) is 13.6. The van der Waals surface area contributed by atoms with Gasteiger partial charge < -0.3 is 20.5 Å². The van der Waals surface area contributed by atoms with Gasteiger partial charge in [0.1, 0.15) is 24.4 Å². The minimum absolute atomic E-state index is 0.182. The Bertz CT molecular complexity index is 654. The van der Waals surface area contributed by atoms with Crippen LogP contribution in [0.4, 0.5) is 10.2 Å². The maximum absolute atomic E-state index is 12.7. The first-order valence-corrected chi connectivity index (χ1v) is 5.83. The summed E-state index contributed by atoms with van der Waals surface area (Å²) < 4.78 is 14.4. The van der Waals surface area contributed by atoms with Crippen molar-refractivity contribution >= 4 is 16.9 Å². The molecule has 100 valence electrons. The van der Waals surface area contributed by atoms with Crippen LogP contribution in [0.25, 0.3) is 11.0 Å². The molecule has 2 heterocycles. The van der Waals surface area contributed by atoms with Crippen molar-refractivity contribution in [2.45, 2.75) is 18.2 Å². The summed E-state index contributed by atoms with van der Waals surface area (Å²) in [5.74, 6) is 0.291. The molecule has 0 radical (unpaired) electrons. The number of alkyl halides is 1. The van der Waals surface area contributed by atoms with Crippen molar-refractivity contribution in [1.29, 1.82) is 0 Å². The van der Waals surface area contributed by atoms with E-state index in [1.54, 1.807) is 10.6 Å². The Morgan fingerprint density at radius 3 is 2.84 bits per heavy atom. The molecule has 1 aliphatic carbocycles. The Morgan fingerprint density at radius 2 is 2.16 bits per heavy atom. The highest BCUT2D eigenvalue weighted by Crippen LogP contribution is 2.32. The van der Waals surface area contributed by atoms with Gasteiger partial charge in [-0.2, -0.15) is 0 Å². The highest BCUT2D eigenvalue weighted by molar-refractivity contribution is 5.84. The molecule has 0 bridgehead atoms. The number of hydrogen-bond donors (Lipinski definition) is 3. The summed E-state index contributed by atoms with van der Waals surface area (Å²) in [5.41, 5.74) is 7.09. The minimum atomic E-state index is -1.19. The normalized spacial score (nSPS) is 26.9. The standard InChI is InChI=1S/C12H13FN4O2/c13-4-6-3-8(11(19)10(6)18)17-5-16-9-7(17)1-2-15-12(9)14/h1-3,5,8,10-11,18-19H,4H2,(H2,14,15)/t8-,10-,11+/m0/s1. The number of aliphatic hydroxyl groups excluding tert-OH is 2. The van der Waals surface area contributed by atoms with Gasteiger partial charge in [0.15, 0.2) is 5.82 Å². The fourth-order valence-electron chi connectivity index (χ4n) is 2.41. The monoisotopic (exact) mass is 264 g/mol. The lowest BCUT2D eigenvalue weighted by molar-refractivity contribution is 0.0308. The quantitative estimate of drug-likeness (QED) is 0.672. The van der Waals surface area contributed by atoms with Gasteiger partial charge in [-0.3, -0.25) is 0 Å². The molecule has 0 amide bonds. The average molecular weight is 264 g/mol. The maximum Gasteiger partial charge on any atom is 0.151 e. The number of anilines is 1. The van der Waals surface area contributed by atoms with Gasteiger partial charge in [-0.1, -0.05) is 6.08 Å². The van der Waals surface area contributed by atoms with Crippen LogP contribution < -0.4 is 5.73 Å². The van der Waals surface area contributed by atoms with Crippen LogP contribution >= 0.6 is 0 Å². The summed E-state index contributed by atoms with van der Waals surface area (Å²) in [6, 6.07) is 1.14. The first-order valence-electron chi connectivity index (χ1n) is 5.83. The first-order chi connectivity index (χ1) is 9.13. The van der Waals surface area contributed by atoms with Crippen molar-refractivity contribution in [1.82, 2.24) is 14.5 Å². The summed E-state index contributed by atoms with van der Waals surface area (Å²) in [5, 5.41) is 19.7. The largest absolute Gasteiger partial charge is 0.388 e. The van der Waals surface area contributed by atoms with E-state index in [4.69, 9.17) is 5.73 Å². The smallest absolute Gasteiger partial charge is 0.151 e. The predicted molar refractivity (Wildman–Crippen MR) is 67.0 cm³/mol. The summed E-state index contributed by atoms with van der Waals surface area (Å²) in [6.07, 6.45) is 2.27. The molecule has 0 saturated heterocycles. The van der Waals surface area contributed by atoms with Gasteiger partial charge in [-0.05, 0) is 11.6 Å². The first kappa shape index (κ1) is 12.1. The van der Waals surface area contributed by atoms with Crippen molar-refractivity contribution in [3.05, 3.63) is 30.2 Å². The number of halogens is 1. The maximum atomic E-state index is 12.7. The summed E-state index contributed by atoms with van der Waals surface area (Å²) in [4.78, 5) is 8.06. The molecule has 0 unspecified atom stereocenters. The lowest BCUT2D eigenvalue weighted by Gasteiger charge is -2.19. The minimum Gasteiger partial charge on any atom is -0.388 e. The Labute approximate surface area is 108 Å². The molecule has 7 heteroatoms. The number of nitrogens with zero attached hydrogens (tertiary/aromatic N) is 3. The lowest BCUT2D eigenvalue weighted by atomic mass is 10.1. The van der Waals surface area contributed by atoms with Crippen molar-refractivity contribution in [3.8, 4) is 0 Å². The van der Waals surface area contributed by atoms with Gasteiger partial charge in [0.2, 0.25) is 0 Å². The third kappa shape index (κ3) is 1.70. The van der Waals surface area contributed by atoms with Crippen LogP contribution in [0.2, 0.25) is 0 Å². The van der Waals surface area contributed by atoms with E-state index in [-0.39, 0.29) is 5.57 Å². The second-order valence-corrected chi connectivity index (χ2v) is 4.52. The highest BCUT2D eigenvalue weighted by Gasteiger charge is 2.36. The number of rotatable bonds is 2. The average Bonchev–Trinajstić information content (AvgIpc) is 2.94. The molecule has 4 N–H and O–H groups in total. The molecule has 3 atom stereocenters. The van der Waals surface area contributed by atoms with Crippen molar-refractivity contribution in [3.63, 3.8) is 0 Å². The van der Waals surface area contributed by atoms with Gasteiger partial charge in [0, 0.05) is 6.20 Å². The zero-order valence-electron chi connectivity index (χ0n) is 9.94. The summed E-state index contributed by atoms with van der Waals surface area (Å²) >= 11 is 0. The van der Waals surface area contributed by atoms with Crippen molar-refractivity contribution in [2.24, 2.45) is 0 Å². The molecule has 0 aromatic carbocycles. The molecule has 0 spiro atoms. The Hall–Kier alpha value is -1.99. The van der Waals surface area contributed by atoms with Gasteiger partial charge in [0.05, 0.1) is 17.9 Å². The van der Waals surface area contributed by atoms with Gasteiger partial charge in [-0.25, -0.2) is 14.4 Å². The van der Waals surface area contributed by atoms with Crippen LogP contribution in [-0.2, 0) is 0 Å². The van der Waals surface area contributed by atoms with Crippen molar-refractivity contribution < 1.29 is 14.6 Å². The van der Waals surface area contributed by atoms with E-state index in [2.05, 4.69) is 9.97 Å². The predicted octanol–water partition coefficient (Wildman–Crippen LogP) is 0.186. The van der Waals surface area contributed by atoms with E-state index in [9.17, 15) is 14.6 Å². The second-order valence-electron chi connectivity index (χ2n) is 4.52. The fraction of sp³-hybridized carbons (Fsp3) is 0.333. The SMILES string of the molecule is Nc1nccc2c1ncn2[C@H]1C=C(CF)[C@H](O)[C@@H]1O. The number of fused-ring (bicyclic) bond motifs is 1. The van der Waals surface area contributed by atoms with Crippen molar-refractivity contribution in [2.75, 3.05) is 12.4 Å². The number of imidazole rings is 1. The van der Waals surface area contributed by atoms with Gasteiger partial charge in [-0.15, -0.1) is 0 Å². The number of aromatic nitrogens is 3. The third-order valence-corrected chi connectivity index (χ3v) is 3.43. The van der Waals surface area contributed by atoms with Crippen LogP contribution in [0, 0.1) is 0 Å². The molecule has 19 heavy (non-hydrogen) atoms. The Balaban J connectivity index is 2.11. The molecule has 6 nitrogen and oxygen atoms in total. The zero-order valence-corrected chi connectivity index (χ0v) is 9.94. The van der Waals surface area contributed by atoms with E-state index in [0.717, 1.165) is 0 Å². The van der Waals surface area contributed by atoms with Crippen LogP contribution in [0.5, 0.6) is 0 Å². The van der Waals surface area contributed by atoms with Gasteiger partial charge >= 0.3 is 0 Å². The van der Waals surface area contributed by atoms with E-state index in [1.165, 1.54) is 18.6 Å². The lowest BCUT2D eigenvalue weighted by Crippen LogP contribution is -2.29. The number of nitrogens with two attached hydrogens (primary N) is 1. The van der Waals surface area contributed by atoms with E-state index in [1.807, 2.05) is 0 Å². The second kappa shape index (κ2) is 4.29. The van der Waals surface area contributed by atoms with E-state index >= 15 is 0 Å². The summed E-state index contributed by atoms with van der Waals surface area (Å²) in [7, 11) is 0. The van der Waals surface area contributed by atoms with E-state index in [0.29, 0.717) is 16.9 Å². The molecule has 0 saturated carbocycles. The molecule has 2 aromatic rings. The van der Waals surface area contributed by atoms with Crippen LogP contribution in [-0.4, -0.2) is 43.6 Å². The fourth-order valence-corrected chi connectivity index (χ4v) is 2.41. The molecular weight excluding hydrogens is 251 g/mol. The number of nitrogen functional groups attached to an aromatic ring is 1. The van der Waals surface area contributed by atoms with E-state index < -0.39 is 24.9 Å². The summed E-state index contributed by atoms with van der Waals surface area (Å²) in [6.45, 7) is -0.787. The molecule has 2 aromatic heterocycles. The molecule has 0 fully saturated rings. The molecule has 3 rings (SSSR count). The Morgan fingerprint density at radius 1 is 1.37 bits per heavy atom. The molecule has 0 aliphatic heterocycles. The van der Waals surface area contributed by atoms with Crippen LogP contribution in [0.1, 0.15) is 6.04 Å². The topological polar surface area (TPSA) is 97.2 Å². The Kier molecular flexibility index (Phi) is 2.72. The number of hydrogen-bond acceptors (Lipinski definition) is 5. The van der Waals surface area contributed by atoms with Gasteiger partial charge in [0.25, 0.3) is 0 Å². The molecule has 1 aliphatic rings.